The maximum Gasteiger partial charge on any atom is 0.341 e. The summed E-state index contributed by atoms with van der Waals surface area (Å²) in [6, 6.07) is 9.59. The van der Waals surface area contributed by atoms with Gasteiger partial charge in [-0.25, -0.2) is 9.18 Å². The predicted molar refractivity (Wildman–Crippen MR) is 90.3 cm³/mol. The number of ether oxygens (including phenoxy) is 2. The van der Waals surface area contributed by atoms with Gasteiger partial charge in [-0.3, -0.25) is 20.4 Å². The third-order valence-corrected chi connectivity index (χ3v) is 3.38. The van der Waals surface area contributed by atoms with Crippen molar-refractivity contribution in [3.8, 4) is 5.75 Å². The Balaban J connectivity index is 1.87. The monoisotopic (exact) mass is 380 g/mol. The SMILES string of the molecule is COc1ccc(Cl)cc1C(=O)NNC(=O)COC(=O)c1ccccc1F. The minimum Gasteiger partial charge on any atom is -0.496 e. The summed E-state index contributed by atoms with van der Waals surface area (Å²) in [7, 11) is 1.38. The average molecular weight is 381 g/mol. The van der Waals surface area contributed by atoms with E-state index < -0.39 is 30.2 Å². The molecule has 0 spiro atoms. The maximum atomic E-state index is 13.4. The first-order valence-corrected chi connectivity index (χ1v) is 7.64. The van der Waals surface area contributed by atoms with Crippen LogP contribution in [0.3, 0.4) is 0 Å². The Bertz CT molecular complexity index is 844. The molecular formula is C17H14ClFN2O5. The van der Waals surface area contributed by atoms with E-state index in [0.29, 0.717) is 5.02 Å². The zero-order chi connectivity index (χ0) is 19.1. The first kappa shape index (κ1) is 19.2. The van der Waals surface area contributed by atoms with Crippen molar-refractivity contribution in [2.24, 2.45) is 0 Å². The van der Waals surface area contributed by atoms with E-state index in [9.17, 15) is 18.8 Å². The lowest BCUT2D eigenvalue weighted by molar-refractivity contribution is -0.125. The predicted octanol–water partition coefficient (Wildman–Crippen LogP) is 2.11. The van der Waals surface area contributed by atoms with Crippen LogP contribution in [0, 0.1) is 5.82 Å². The lowest BCUT2D eigenvalue weighted by Crippen LogP contribution is -2.43. The lowest BCUT2D eigenvalue weighted by atomic mass is 10.2. The molecule has 0 aliphatic heterocycles. The number of halogens is 2. The number of amides is 2. The van der Waals surface area contributed by atoms with Crippen LogP contribution in [-0.2, 0) is 9.53 Å². The summed E-state index contributed by atoms with van der Waals surface area (Å²) in [4.78, 5) is 35.4. The average Bonchev–Trinajstić information content (AvgIpc) is 2.64. The molecule has 7 nitrogen and oxygen atoms in total. The number of hydrazine groups is 1. The molecule has 0 aromatic heterocycles. The Hall–Kier alpha value is -3.13. The summed E-state index contributed by atoms with van der Waals surface area (Å²) in [6.07, 6.45) is 0. The molecule has 0 heterocycles. The van der Waals surface area contributed by atoms with Crippen molar-refractivity contribution >= 4 is 29.4 Å². The summed E-state index contributed by atoms with van der Waals surface area (Å²) in [5, 5.41) is 0.307. The highest BCUT2D eigenvalue weighted by Crippen LogP contribution is 2.22. The molecule has 0 saturated heterocycles. The lowest BCUT2D eigenvalue weighted by Gasteiger charge is -2.11. The van der Waals surface area contributed by atoms with Gasteiger partial charge in [-0.2, -0.15) is 0 Å². The van der Waals surface area contributed by atoms with Crippen LogP contribution in [0.15, 0.2) is 42.5 Å². The van der Waals surface area contributed by atoms with E-state index in [1.54, 1.807) is 0 Å². The van der Waals surface area contributed by atoms with Gasteiger partial charge < -0.3 is 9.47 Å². The third kappa shape index (κ3) is 4.93. The van der Waals surface area contributed by atoms with Crippen LogP contribution in [0.2, 0.25) is 5.02 Å². The summed E-state index contributed by atoms with van der Waals surface area (Å²) < 4.78 is 23.1. The zero-order valence-electron chi connectivity index (χ0n) is 13.5. The number of carbonyl (C=O) groups is 3. The van der Waals surface area contributed by atoms with Crippen molar-refractivity contribution < 1.29 is 28.2 Å². The van der Waals surface area contributed by atoms with E-state index >= 15 is 0 Å². The molecule has 2 aromatic carbocycles. The smallest absolute Gasteiger partial charge is 0.341 e. The molecule has 2 amide bonds. The number of hydrogen-bond acceptors (Lipinski definition) is 5. The quantitative estimate of drug-likeness (QED) is 0.612. The van der Waals surface area contributed by atoms with Crippen LogP contribution >= 0.6 is 11.6 Å². The number of hydrogen-bond donors (Lipinski definition) is 2. The molecule has 26 heavy (non-hydrogen) atoms. The van der Waals surface area contributed by atoms with Crippen LogP contribution in [0.25, 0.3) is 0 Å². The molecular weight excluding hydrogens is 367 g/mol. The summed E-state index contributed by atoms with van der Waals surface area (Å²) in [5.74, 6) is -3.00. The van der Waals surface area contributed by atoms with Gasteiger partial charge in [-0.05, 0) is 30.3 Å². The van der Waals surface area contributed by atoms with Crippen molar-refractivity contribution in [1.29, 1.82) is 0 Å². The Morgan fingerprint density at radius 2 is 1.81 bits per heavy atom. The Labute approximate surface area is 153 Å². The molecule has 0 aliphatic carbocycles. The first-order chi connectivity index (χ1) is 12.4. The summed E-state index contributed by atoms with van der Waals surface area (Å²) in [6.45, 7) is -0.708. The van der Waals surface area contributed by atoms with Gasteiger partial charge in [-0.15, -0.1) is 0 Å². The number of esters is 1. The van der Waals surface area contributed by atoms with Gasteiger partial charge in [0.1, 0.15) is 11.6 Å². The van der Waals surface area contributed by atoms with Crippen molar-refractivity contribution in [3.63, 3.8) is 0 Å². The molecule has 0 saturated carbocycles. The van der Waals surface area contributed by atoms with Crippen molar-refractivity contribution in [2.45, 2.75) is 0 Å². The van der Waals surface area contributed by atoms with Gasteiger partial charge in [0.15, 0.2) is 6.61 Å². The third-order valence-electron chi connectivity index (χ3n) is 3.15. The van der Waals surface area contributed by atoms with Gasteiger partial charge in [-0.1, -0.05) is 23.7 Å². The van der Waals surface area contributed by atoms with Crippen LogP contribution < -0.4 is 15.6 Å². The summed E-state index contributed by atoms with van der Waals surface area (Å²) >= 11 is 5.83. The van der Waals surface area contributed by atoms with Gasteiger partial charge in [0.2, 0.25) is 0 Å². The number of rotatable bonds is 5. The molecule has 2 rings (SSSR count). The maximum absolute atomic E-state index is 13.4. The fraction of sp³-hybridized carbons (Fsp3) is 0.118. The zero-order valence-corrected chi connectivity index (χ0v) is 14.3. The minimum atomic E-state index is -0.999. The first-order valence-electron chi connectivity index (χ1n) is 7.26. The fourth-order valence-corrected chi connectivity index (χ4v) is 2.10. The molecule has 0 atom stereocenters. The summed E-state index contributed by atoms with van der Waals surface area (Å²) in [5.41, 5.74) is 4.00. The molecule has 0 fully saturated rings. The largest absolute Gasteiger partial charge is 0.496 e. The number of methoxy groups -OCH3 is 1. The van der Waals surface area contributed by atoms with Crippen molar-refractivity contribution in [2.75, 3.05) is 13.7 Å². The molecule has 0 bridgehead atoms. The van der Waals surface area contributed by atoms with E-state index in [1.807, 2.05) is 0 Å². The second kappa shape index (κ2) is 8.82. The molecule has 0 radical (unpaired) electrons. The molecule has 2 aromatic rings. The number of benzene rings is 2. The topological polar surface area (TPSA) is 93.7 Å². The van der Waals surface area contributed by atoms with Gasteiger partial charge in [0.05, 0.1) is 18.2 Å². The fourth-order valence-electron chi connectivity index (χ4n) is 1.92. The van der Waals surface area contributed by atoms with Crippen LogP contribution in [0.4, 0.5) is 4.39 Å². The highest BCUT2D eigenvalue weighted by atomic mass is 35.5. The van der Waals surface area contributed by atoms with E-state index in [-0.39, 0.29) is 16.9 Å². The minimum absolute atomic E-state index is 0.101. The van der Waals surface area contributed by atoms with Gasteiger partial charge >= 0.3 is 5.97 Å². The van der Waals surface area contributed by atoms with Crippen LogP contribution in [0.5, 0.6) is 5.75 Å². The van der Waals surface area contributed by atoms with Gasteiger partial charge in [0, 0.05) is 5.02 Å². The normalized spacial score (nSPS) is 9.96. The number of carbonyl (C=O) groups excluding carboxylic acids is 3. The molecule has 0 aliphatic rings. The van der Waals surface area contributed by atoms with Crippen molar-refractivity contribution in [3.05, 3.63) is 64.4 Å². The molecule has 2 N–H and O–H groups in total. The van der Waals surface area contributed by atoms with Gasteiger partial charge in [0.25, 0.3) is 11.8 Å². The van der Waals surface area contributed by atoms with Crippen molar-refractivity contribution in [1.82, 2.24) is 10.9 Å². The second-order valence-corrected chi connectivity index (χ2v) is 5.34. The van der Waals surface area contributed by atoms with Crippen LogP contribution in [-0.4, -0.2) is 31.5 Å². The van der Waals surface area contributed by atoms with E-state index in [0.717, 1.165) is 6.07 Å². The second-order valence-electron chi connectivity index (χ2n) is 4.90. The van der Waals surface area contributed by atoms with Crippen LogP contribution in [0.1, 0.15) is 20.7 Å². The molecule has 136 valence electrons. The number of nitrogens with one attached hydrogen (secondary N) is 2. The standard InChI is InChI=1S/C17H14ClFN2O5/c1-25-14-7-6-10(18)8-12(14)16(23)21-20-15(22)9-26-17(24)11-4-2-3-5-13(11)19/h2-8H,9H2,1H3,(H,20,22)(H,21,23). The highest BCUT2D eigenvalue weighted by molar-refractivity contribution is 6.31. The Morgan fingerprint density at radius 1 is 1.08 bits per heavy atom. The van der Waals surface area contributed by atoms with E-state index in [2.05, 4.69) is 15.6 Å². The van der Waals surface area contributed by atoms with E-state index in [1.165, 1.54) is 43.5 Å². The van der Waals surface area contributed by atoms with E-state index in [4.69, 9.17) is 16.3 Å². The molecule has 0 unspecified atom stereocenters. The highest BCUT2D eigenvalue weighted by Gasteiger charge is 2.16. The Morgan fingerprint density at radius 3 is 2.50 bits per heavy atom. The molecule has 9 heteroatoms. The Kier molecular flexibility index (Phi) is 6.51.